The first-order valence-corrected chi connectivity index (χ1v) is 5.89. The third kappa shape index (κ3) is 2.48. The summed E-state index contributed by atoms with van der Waals surface area (Å²) >= 11 is 5.04. The highest BCUT2D eigenvalue weighted by atomic mass is 32.1. The summed E-state index contributed by atoms with van der Waals surface area (Å²) in [5, 5.41) is 2.65. The molecule has 1 heterocycles. The third-order valence-corrected chi connectivity index (χ3v) is 3.60. The van der Waals surface area contributed by atoms with Crippen molar-refractivity contribution in [3.63, 3.8) is 0 Å². The molecule has 2 fully saturated rings. The molecule has 0 bridgehead atoms. The summed E-state index contributed by atoms with van der Waals surface area (Å²) in [6, 6.07) is 0. The molecule has 1 saturated carbocycles. The van der Waals surface area contributed by atoms with Crippen LogP contribution in [-0.2, 0) is 4.74 Å². The van der Waals surface area contributed by atoms with Gasteiger partial charge in [-0.3, -0.25) is 0 Å². The molecule has 2 rings (SSSR count). The molecule has 1 aliphatic carbocycles. The first-order chi connectivity index (χ1) is 7.48. The van der Waals surface area contributed by atoms with Crippen molar-refractivity contribution in [3.05, 3.63) is 0 Å². The van der Waals surface area contributed by atoms with Crippen molar-refractivity contribution in [3.8, 4) is 0 Å². The van der Waals surface area contributed by atoms with Crippen molar-refractivity contribution >= 4 is 17.2 Å². The summed E-state index contributed by atoms with van der Waals surface area (Å²) in [5.74, 6) is 0.158. The highest BCUT2D eigenvalue weighted by molar-refractivity contribution is 7.80. The number of thiocarbonyl (C=S) groups is 1. The number of ether oxygens (including phenoxy) is 1. The maximum absolute atomic E-state index is 12.5. The van der Waals surface area contributed by atoms with E-state index in [2.05, 4.69) is 5.32 Å². The average molecular weight is 253 g/mol. The van der Waals surface area contributed by atoms with Crippen LogP contribution in [0.1, 0.15) is 25.7 Å². The Morgan fingerprint density at radius 1 is 1.25 bits per heavy atom. The molecule has 0 spiro atoms. The van der Waals surface area contributed by atoms with Crippen LogP contribution in [0.3, 0.4) is 0 Å². The van der Waals surface area contributed by atoms with E-state index in [9.17, 15) is 13.2 Å². The minimum Gasteiger partial charge on any atom is -0.375 e. The van der Waals surface area contributed by atoms with Gasteiger partial charge in [0.15, 0.2) is 6.10 Å². The van der Waals surface area contributed by atoms with Gasteiger partial charge in [0.2, 0.25) is 0 Å². The van der Waals surface area contributed by atoms with E-state index in [1.54, 1.807) is 0 Å². The number of hydrogen-bond donors (Lipinski definition) is 1. The van der Waals surface area contributed by atoms with E-state index < -0.39 is 18.4 Å². The number of alkyl halides is 3. The first kappa shape index (κ1) is 12.1. The molecule has 0 aromatic heterocycles. The van der Waals surface area contributed by atoms with Crippen molar-refractivity contribution in [1.82, 2.24) is 5.32 Å². The first-order valence-electron chi connectivity index (χ1n) is 5.48. The van der Waals surface area contributed by atoms with Gasteiger partial charge in [0.05, 0.1) is 6.54 Å². The molecule has 2 atom stereocenters. The van der Waals surface area contributed by atoms with E-state index in [1.165, 1.54) is 0 Å². The standard InChI is InChI=1S/C10H14F3NOS/c11-10(12,13)7-5-14-9(16)8(15-7)6-3-1-2-4-6/h6-8H,1-5H2,(H,14,16). The number of hydrogen-bond acceptors (Lipinski definition) is 2. The van der Waals surface area contributed by atoms with Crippen molar-refractivity contribution in [2.24, 2.45) is 5.92 Å². The molecule has 0 radical (unpaired) electrons. The van der Waals surface area contributed by atoms with E-state index in [4.69, 9.17) is 17.0 Å². The molecule has 1 N–H and O–H groups in total. The van der Waals surface area contributed by atoms with Crippen LogP contribution in [0.5, 0.6) is 0 Å². The number of nitrogens with one attached hydrogen (secondary N) is 1. The van der Waals surface area contributed by atoms with Gasteiger partial charge < -0.3 is 10.1 Å². The molecular weight excluding hydrogens is 239 g/mol. The van der Waals surface area contributed by atoms with Crippen LogP contribution < -0.4 is 5.32 Å². The lowest BCUT2D eigenvalue weighted by Crippen LogP contribution is -2.55. The minimum absolute atomic E-state index is 0.158. The smallest absolute Gasteiger partial charge is 0.375 e. The summed E-state index contributed by atoms with van der Waals surface area (Å²) in [7, 11) is 0. The Morgan fingerprint density at radius 3 is 2.44 bits per heavy atom. The molecule has 0 aromatic rings. The second kappa shape index (κ2) is 4.49. The summed E-state index contributed by atoms with van der Waals surface area (Å²) in [6.07, 6.45) is -2.62. The summed E-state index contributed by atoms with van der Waals surface area (Å²) < 4.78 is 42.7. The highest BCUT2D eigenvalue weighted by Gasteiger charge is 2.46. The molecule has 0 aromatic carbocycles. The van der Waals surface area contributed by atoms with Gasteiger partial charge in [0.25, 0.3) is 0 Å². The van der Waals surface area contributed by atoms with Gasteiger partial charge in [-0.25, -0.2) is 0 Å². The van der Waals surface area contributed by atoms with Crippen molar-refractivity contribution < 1.29 is 17.9 Å². The van der Waals surface area contributed by atoms with Crippen LogP contribution in [0.4, 0.5) is 13.2 Å². The van der Waals surface area contributed by atoms with E-state index in [1.807, 2.05) is 0 Å². The van der Waals surface area contributed by atoms with Gasteiger partial charge in [-0.1, -0.05) is 25.1 Å². The Hall–Kier alpha value is -0.360. The normalized spacial score (nSPS) is 32.8. The predicted molar refractivity (Wildman–Crippen MR) is 57.3 cm³/mol. The van der Waals surface area contributed by atoms with Crippen molar-refractivity contribution in [2.45, 2.75) is 44.1 Å². The summed E-state index contributed by atoms with van der Waals surface area (Å²) in [4.78, 5) is 0.437. The van der Waals surface area contributed by atoms with Crippen LogP contribution in [0, 0.1) is 5.92 Å². The lowest BCUT2D eigenvalue weighted by atomic mass is 9.99. The van der Waals surface area contributed by atoms with Gasteiger partial charge in [-0.2, -0.15) is 13.2 Å². The van der Waals surface area contributed by atoms with Crippen LogP contribution in [0.2, 0.25) is 0 Å². The minimum atomic E-state index is -4.31. The predicted octanol–water partition coefficient (Wildman–Crippen LogP) is 2.42. The lowest BCUT2D eigenvalue weighted by molar-refractivity contribution is -0.231. The summed E-state index contributed by atoms with van der Waals surface area (Å²) in [6.45, 7) is -0.258. The number of halogens is 3. The fraction of sp³-hybridized carbons (Fsp3) is 0.900. The zero-order valence-corrected chi connectivity index (χ0v) is 9.53. The van der Waals surface area contributed by atoms with Crippen molar-refractivity contribution in [1.29, 1.82) is 0 Å². The molecular formula is C10H14F3NOS. The molecule has 1 saturated heterocycles. The molecule has 1 aliphatic heterocycles. The van der Waals surface area contributed by atoms with Crippen LogP contribution >= 0.6 is 12.2 Å². The molecule has 0 amide bonds. The molecule has 2 aliphatic rings. The van der Waals surface area contributed by atoms with Crippen molar-refractivity contribution in [2.75, 3.05) is 6.54 Å². The third-order valence-electron chi connectivity index (χ3n) is 3.22. The van der Waals surface area contributed by atoms with Crippen LogP contribution in [0.15, 0.2) is 0 Å². The second-order valence-electron chi connectivity index (χ2n) is 4.38. The Kier molecular flexibility index (Phi) is 3.39. The quantitative estimate of drug-likeness (QED) is 0.725. The zero-order chi connectivity index (χ0) is 11.8. The summed E-state index contributed by atoms with van der Waals surface area (Å²) in [5.41, 5.74) is 0. The highest BCUT2D eigenvalue weighted by Crippen LogP contribution is 2.34. The van der Waals surface area contributed by atoms with Gasteiger partial charge in [0, 0.05) is 0 Å². The molecule has 92 valence electrons. The van der Waals surface area contributed by atoms with Gasteiger partial charge in [-0.15, -0.1) is 0 Å². The lowest BCUT2D eigenvalue weighted by Gasteiger charge is -2.35. The van der Waals surface area contributed by atoms with Gasteiger partial charge in [0.1, 0.15) is 11.1 Å². The fourth-order valence-electron chi connectivity index (χ4n) is 2.36. The number of morpholine rings is 1. The largest absolute Gasteiger partial charge is 0.416 e. The van der Waals surface area contributed by atoms with E-state index in [0.29, 0.717) is 4.99 Å². The number of rotatable bonds is 1. The van der Waals surface area contributed by atoms with Gasteiger partial charge >= 0.3 is 6.18 Å². The second-order valence-corrected chi connectivity index (χ2v) is 4.82. The SMILES string of the molecule is FC(F)(F)C1CNC(=S)C(C2CCCC2)O1. The fourth-order valence-corrected chi connectivity index (χ4v) is 2.69. The molecule has 16 heavy (non-hydrogen) atoms. The molecule has 2 nitrogen and oxygen atoms in total. The Labute approximate surface area is 97.5 Å². The van der Waals surface area contributed by atoms with Crippen LogP contribution in [-0.4, -0.2) is 29.9 Å². The monoisotopic (exact) mass is 253 g/mol. The molecule has 6 heteroatoms. The Morgan fingerprint density at radius 2 is 1.88 bits per heavy atom. The molecule has 2 unspecified atom stereocenters. The average Bonchev–Trinajstić information content (AvgIpc) is 2.69. The van der Waals surface area contributed by atoms with E-state index in [0.717, 1.165) is 25.7 Å². The Bertz CT molecular complexity index is 276. The van der Waals surface area contributed by atoms with E-state index >= 15 is 0 Å². The maximum Gasteiger partial charge on any atom is 0.416 e. The van der Waals surface area contributed by atoms with Gasteiger partial charge in [-0.05, 0) is 18.8 Å². The Balaban J connectivity index is 2.02. The van der Waals surface area contributed by atoms with Crippen LogP contribution in [0.25, 0.3) is 0 Å². The topological polar surface area (TPSA) is 21.3 Å². The maximum atomic E-state index is 12.5. The van der Waals surface area contributed by atoms with E-state index in [-0.39, 0.29) is 12.5 Å². The zero-order valence-electron chi connectivity index (χ0n) is 8.72.